The maximum atomic E-state index is 13.1. The van der Waals surface area contributed by atoms with E-state index in [0.717, 1.165) is 19.4 Å². The zero-order chi connectivity index (χ0) is 10.4. The molecule has 0 bridgehead atoms. The number of rotatable bonds is 6. The highest BCUT2D eigenvalue weighted by Crippen LogP contribution is 2.16. The van der Waals surface area contributed by atoms with Gasteiger partial charge in [-0.05, 0) is 12.8 Å². The summed E-state index contributed by atoms with van der Waals surface area (Å²) in [5.41, 5.74) is 0. The van der Waals surface area contributed by atoms with E-state index < -0.39 is 0 Å². The van der Waals surface area contributed by atoms with Crippen molar-refractivity contribution in [1.82, 2.24) is 10.1 Å². The van der Waals surface area contributed by atoms with E-state index in [0.29, 0.717) is 5.12 Å². The zero-order valence-electron chi connectivity index (χ0n) is 9.12. The van der Waals surface area contributed by atoms with Gasteiger partial charge in [0.15, 0.2) is 0 Å². The lowest BCUT2D eigenvalue weighted by molar-refractivity contribution is 0.00233. The molecule has 1 unspecified atom stereocenters. The summed E-state index contributed by atoms with van der Waals surface area (Å²) in [6, 6.07) is 0. The van der Waals surface area contributed by atoms with E-state index in [4.69, 9.17) is 0 Å². The van der Waals surface area contributed by atoms with Gasteiger partial charge in [-0.15, -0.1) is 0 Å². The SMILES string of the molecule is CCCCCCN1N=CN(F)C1CC. The van der Waals surface area contributed by atoms with E-state index in [1.807, 2.05) is 11.9 Å². The number of hydrazone groups is 1. The molecule has 1 rings (SSSR count). The first-order valence-corrected chi connectivity index (χ1v) is 5.54. The first kappa shape index (κ1) is 11.3. The largest absolute Gasteiger partial charge is 0.270 e. The molecule has 0 saturated heterocycles. The topological polar surface area (TPSA) is 18.8 Å². The molecule has 14 heavy (non-hydrogen) atoms. The van der Waals surface area contributed by atoms with Crippen molar-refractivity contribution in [2.75, 3.05) is 6.54 Å². The van der Waals surface area contributed by atoms with Gasteiger partial charge in [0.05, 0.1) is 0 Å². The van der Waals surface area contributed by atoms with Gasteiger partial charge in [-0.25, -0.2) is 0 Å². The minimum atomic E-state index is -0.170. The Bertz CT molecular complexity index is 184. The summed E-state index contributed by atoms with van der Waals surface area (Å²) in [4.78, 5) is 0. The van der Waals surface area contributed by atoms with Gasteiger partial charge in [-0.1, -0.05) is 37.6 Å². The number of hydrogen-bond donors (Lipinski definition) is 0. The fourth-order valence-electron chi connectivity index (χ4n) is 1.69. The number of hydrogen-bond acceptors (Lipinski definition) is 3. The van der Waals surface area contributed by atoms with Crippen molar-refractivity contribution >= 4 is 6.34 Å². The molecule has 3 nitrogen and oxygen atoms in total. The molecule has 0 aliphatic carbocycles. The van der Waals surface area contributed by atoms with E-state index in [2.05, 4.69) is 12.0 Å². The Labute approximate surface area is 85.5 Å². The summed E-state index contributed by atoms with van der Waals surface area (Å²) in [5, 5.41) is 6.56. The maximum absolute atomic E-state index is 13.1. The van der Waals surface area contributed by atoms with Gasteiger partial charge in [0.1, 0.15) is 12.5 Å². The molecule has 0 saturated carbocycles. The van der Waals surface area contributed by atoms with Crippen LogP contribution in [0.3, 0.4) is 0 Å². The lowest BCUT2D eigenvalue weighted by atomic mass is 10.2. The summed E-state index contributed by atoms with van der Waals surface area (Å²) in [7, 11) is 0. The third-order valence-corrected chi connectivity index (χ3v) is 2.54. The Balaban J connectivity index is 2.20. The van der Waals surface area contributed by atoms with E-state index >= 15 is 0 Å². The lowest BCUT2D eigenvalue weighted by Gasteiger charge is -2.23. The van der Waals surface area contributed by atoms with E-state index in [-0.39, 0.29) is 6.17 Å². The summed E-state index contributed by atoms with van der Waals surface area (Å²) < 4.78 is 13.1. The molecular weight excluding hydrogens is 181 g/mol. The van der Waals surface area contributed by atoms with Crippen LogP contribution in [0.4, 0.5) is 4.48 Å². The lowest BCUT2D eigenvalue weighted by Crippen LogP contribution is -2.35. The predicted molar refractivity (Wildman–Crippen MR) is 56.4 cm³/mol. The van der Waals surface area contributed by atoms with Crippen molar-refractivity contribution < 1.29 is 4.48 Å². The number of halogens is 1. The van der Waals surface area contributed by atoms with E-state index in [9.17, 15) is 4.48 Å². The second-order valence-electron chi connectivity index (χ2n) is 3.69. The molecule has 82 valence electrons. The molecule has 0 fully saturated rings. The molecular formula is C10H20FN3. The van der Waals surface area contributed by atoms with Crippen LogP contribution in [0.25, 0.3) is 0 Å². The van der Waals surface area contributed by atoms with Crippen LogP contribution in [0.5, 0.6) is 0 Å². The molecule has 0 aromatic heterocycles. The van der Waals surface area contributed by atoms with Crippen molar-refractivity contribution in [3.05, 3.63) is 0 Å². The van der Waals surface area contributed by atoms with E-state index in [1.165, 1.54) is 25.6 Å². The van der Waals surface area contributed by atoms with Crippen LogP contribution >= 0.6 is 0 Å². The normalized spacial score (nSPS) is 20.9. The Morgan fingerprint density at radius 1 is 1.29 bits per heavy atom. The Morgan fingerprint density at radius 3 is 2.71 bits per heavy atom. The van der Waals surface area contributed by atoms with Crippen molar-refractivity contribution in [3.63, 3.8) is 0 Å². The Kier molecular flexibility index (Phi) is 4.70. The van der Waals surface area contributed by atoms with Crippen LogP contribution in [-0.4, -0.2) is 29.2 Å². The summed E-state index contributed by atoms with van der Waals surface area (Å²) >= 11 is 0. The van der Waals surface area contributed by atoms with Crippen molar-refractivity contribution in [1.29, 1.82) is 0 Å². The average molecular weight is 201 g/mol. The highest BCUT2D eigenvalue weighted by Gasteiger charge is 2.25. The van der Waals surface area contributed by atoms with Crippen LogP contribution in [0.1, 0.15) is 46.0 Å². The summed E-state index contributed by atoms with van der Waals surface area (Å²) in [6.45, 7) is 5.03. The van der Waals surface area contributed by atoms with Crippen molar-refractivity contribution in [2.24, 2.45) is 5.10 Å². The smallest absolute Gasteiger partial charge is 0.149 e. The third kappa shape index (κ3) is 2.86. The van der Waals surface area contributed by atoms with Gasteiger partial charge >= 0.3 is 0 Å². The minimum absolute atomic E-state index is 0.170. The van der Waals surface area contributed by atoms with Gasteiger partial charge in [0.25, 0.3) is 0 Å². The molecule has 1 heterocycles. The van der Waals surface area contributed by atoms with E-state index in [1.54, 1.807) is 0 Å². The second-order valence-corrected chi connectivity index (χ2v) is 3.69. The fraction of sp³-hybridized carbons (Fsp3) is 0.900. The third-order valence-electron chi connectivity index (χ3n) is 2.54. The first-order valence-electron chi connectivity index (χ1n) is 5.54. The quantitative estimate of drug-likeness (QED) is 0.486. The van der Waals surface area contributed by atoms with Crippen LogP contribution in [0.2, 0.25) is 0 Å². The first-order chi connectivity index (χ1) is 6.79. The fourth-order valence-corrected chi connectivity index (χ4v) is 1.69. The van der Waals surface area contributed by atoms with Gasteiger partial charge in [0, 0.05) is 6.54 Å². The second kappa shape index (κ2) is 5.83. The highest BCUT2D eigenvalue weighted by molar-refractivity contribution is 5.55. The molecule has 0 amide bonds. The number of nitrogens with zero attached hydrogens (tertiary/aromatic N) is 3. The summed E-state index contributed by atoms with van der Waals surface area (Å²) in [5.74, 6) is 0. The maximum Gasteiger partial charge on any atom is 0.149 e. The van der Waals surface area contributed by atoms with Gasteiger partial charge in [-0.2, -0.15) is 10.2 Å². The molecule has 0 spiro atoms. The predicted octanol–water partition coefficient (Wildman–Crippen LogP) is 2.75. The monoisotopic (exact) mass is 201 g/mol. The molecule has 4 heteroatoms. The van der Waals surface area contributed by atoms with Gasteiger partial charge in [0.2, 0.25) is 0 Å². The molecule has 0 aromatic carbocycles. The molecule has 0 radical (unpaired) electrons. The molecule has 0 aromatic rings. The molecule has 1 atom stereocenters. The van der Waals surface area contributed by atoms with Gasteiger partial charge < -0.3 is 0 Å². The van der Waals surface area contributed by atoms with Crippen LogP contribution in [0.15, 0.2) is 5.10 Å². The van der Waals surface area contributed by atoms with Crippen LogP contribution < -0.4 is 0 Å². The Morgan fingerprint density at radius 2 is 2.07 bits per heavy atom. The number of unbranched alkanes of at least 4 members (excludes halogenated alkanes) is 3. The van der Waals surface area contributed by atoms with Crippen molar-refractivity contribution in [2.45, 2.75) is 52.1 Å². The molecule has 1 aliphatic rings. The standard InChI is InChI=1S/C10H20FN3/c1-3-5-6-7-8-14-10(4-2)13(11)9-12-14/h9-10H,3-8H2,1-2H3. The van der Waals surface area contributed by atoms with Crippen molar-refractivity contribution in [3.8, 4) is 0 Å². The van der Waals surface area contributed by atoms with Crippen LogP contribution in [0, 0.1) is 0 Å². The summed E-state index contributed by atoms with van der Waals surface area (Å²) in [6.07, 6.45) is 6.68. The molecule has 0 N–H and O–H groups in total. The zero-order valence-corrected chi connectivity index (χ0v) is 9.12. The molecule has 1 aliphatic heterocycles. The Hall–Kier alpha value is -0.800. The highest BCUT2D eigenvalue weighted by atomic mass is 19.2. The minimum Gasteiger partial charge on any atom is -0.270 e. The average Bonchev–Trinajstić information content (AvgIpc) is 2.54. The van der Waals surface area contributed by atoms with Crippen LogP contribution in [-0.2, 0) is 0 Å². The van der Waals surface area contributed by atoms with Gasteiger partial charge in [-0.3, -0.25) is 5.01 Å².